The lowest BCUT2D eigenvalue weighted by atomic mass is 9.91. The molecule has 0 spiro atoms. The number of benzene rings is 2. The summed E-state index contributed by atoms with van der Waals surface area (Å²) in [7, 11) is 0. The Balaban J connectivity index is 1.66. The third-order valence-corrected chi connectivity index (χ3v) is 5.26. The van der Waals surface area contributed by atoms with Crippen LogP contribution in [0.5, 0.6) is 0 Å². The van der Waals surface area contributed by atoms with E-state index in [-0.39, 0.29) is 0 Å². The first kappa shape index (κ1) is 15.0. The van der Waals surface area contributed by atoms with E-state index in [1.807, 2.05) is 6.07 Å². The summed E-state index contributed by atoms with van der Waals surface area (Å²) < 4.78 is 7.32. The van der Waals surface area contributed by atoms with Crippen molar-refractivity contribution in [2.24, 2.45) is 0 Å². The fourth-order valence-electron chi connectivity index (χ4n) is 3.59. The average Bonchev–Trinajstić information content (AvgIpc) is 2.95. The standard InChI is InChI=1S/C20H20BrNO/c1-13(14-6-3-2-4-7-14)22-18-9-5-8-16-17-12-15(21)10-11-19(17)23-20(16)18/h2-4,6-7,10-13,18,22H,5,8-9H2,1H3. The van der Waals surface area contributed by atoms with Crippen LogP contribution in [0.4, 0.5) is 0 Å². The molecule has 2 unspecified atom stereocenters. The van der Waals surface area contributed by atoms with Gasteiger partial charge in [-0.05, 0) is 49.9 Å². The van der Waals surface area contributed by atoms with Crippen molar-refractivity contribution < 1.29 is 4.42 Å². The molecule has 0 aliphatic heterocycles. The molecule has 1 heterocycles. The van der Waals surface area contributed by atoms with Gasteiger partial charge in [0, 0.05) is 21.5 Å². The Morgan fingerprint density at radius 1 is 1.17 bits per heavy atom. The molecular weight excluding hydrogens is 350 g/mol. The number of rotatable bonds is 3. The summed E-state index contributed by atoms with van der Waals surface area (Å²) in [5.41, 5.74) is 3.70. The van der Waals surface area contributed by atoms with E-state index in [4.69, 9.17) is 4.42 Å². The molecular formula is C20H20BrNO. The molecule has 0 fully saturated rings. The number of halogens is 1. The Morgan fingerprint density at radius 3 is 2.83 bits per heavy atom. The first-order chi connectivity index (χ1) is 11.2. The van der Waals surface area contributed by atoms with Crippen LogP contribution in [0.1, 0.15) is 48.7 Å². The van der Waals surface area contributed by atoms with Crippen LogP contribution in [0.3, 0.4) is 0 Å². The van der Waals surface area contributed by atoms with Crippen molar-refractivity contribution in [3.63, 3.8) is 0 Å². The third-order valence-electron chi connectivity index (χ3n) is 4.77. The molecule has 0 saturated carbocycles. The molecule has 118 valence electrons. The minimum Gasteiger partial charge on any atom is -0.459 e. The molecule has 0 saturated heterocycles. The summed E-state index contributed by atoms with van der Waals surface area (Å²) in [6.07, 6.45) is 3.44. The Hall–Kier alpha value is -1.58. The van der Waals surface area contributed by atoms with Crippen LogP contribution >= 0.6 is 15.9 Å². The van der Waals surface area contributed by atoms with Gasteiger partial charge < -0.3 is 9.73 Å². The van der Waals surface area contributed by atoms with E-state index in [1.165, 1.54) is 22.9 Å². The maximum absolute atomic E-state index is 6.21. The second-order valence-corrected chi connectivity index (χ2v) is 7.24. The number of hydrogen-bond acceptors (Lipinski definition) is 2. The van der Waals surface area contributed by atoms with Crippen molar-refractivity contribution in [1.29, 1.82) is 0 Å². The lowest BCUT2D eigenvalue weighted by Gasteiger charge is -2.26. The van der Waals surface area contributed by atoms with E-state index in [0.717, 1.165) is 28.7 Å². The number of furan rings is 1. The number of aryl methyl sites for hydroxylation is 1. The highest BCUT2D eigenvalue weighted by Gasteiger charge is 2.27. The fourth-order valence-corrected chi connectivity index (χ4v) is 3.95. The van der Waals surface area contributed by atoms with Crippen molar-refractivity contribution >= 4 is 26.9 Å². The lowest BCUT2D eigenvalue weighted by Crippen LogP contribution is -2.27. The number of fused-ring (bicyclic) bond motifs is 3. The first-order valence-electron chi connectivity index (χ1n) is 8.24. The van der Waals surface area contributed by atoms with Crippen LogP contribution in [0.25, 0.3) is 11.0 Å². The van der Waals surface area contributed by atoms with Gasteiger partial charge in [0.05, 0.1) is 6.04 Å². The SMILES string of the molecule is CC(NC1CCCc2c1oc1ccc(Br)cc21)c1ccccc1. The van der Waals surface area contributed by atoms with E-state index < -0.39 is 0 Å². The molecule has 1 aliphatic rings. The predicted octanol–water partition coefficient (Wildman–Crippen LogP) is 5.92. The highest BCUT2D eigenvalue weighted by Crippen LogP contribution is 2.39. The molecule has 3 heteroatoms. The topological polar surface area (TPSA) is 25.2 Å². The maximum Gasteiger partial charge on any atom is 0.134 e. The molecule has 4 rings (SSSR count). The van der Waals surface area contributed by atoms with E-state index in [0.29, 0.717) is 12.1 Å². The molecule has 0 bridgehead atoms. The molecule has 0 amide bonds. The number of nitrogens with one attached hydrogen (secondary N) is 1. The van der Waals surface area contributed by atoms with Gasteiger partial charge in [-0.3, -0.25) is 0 Å². The van der Waals surface area contributed by atoms with Gasteiger partial charge in [-0.25, -0.2) is 0 Å². The summed E-state index contributed by atoms with van der Waals surface area (Å²) in [5, 5.41) is 5.02. The van der Waals surface area contributed by atoms with Gasteiger partial charge in [0.25, 0.3) is 0 Å². The maximum atomic E-state index is 6.21. The second-order valence-electron chi connectivity index (χ2n) is 6.33. The zero-order chi connectivity index (χ0) is 15.8. The number of hydrogen-bond donors (Lipinski definition) is 1. The van der Waals surface area contributed by atoms with Crippen LogP contribution in [0.2, 0.25) is 0 Å². The summed E-state index contributed by atoms with van der Waals surface area (Å²) >= 11 is 3.57. The average molecular weight is 370 g/mol. The minimum absolute atomic E-state index is 0.292. The van der Waals surface area contributed by atoms with Crippen molar-refractivity contribution in [1.82, 2.24) is 5.32 Å². The second kappa shape index (κ2) is 6.14. The van der Waals surface area contributed by atoms with Gasteiger partial charge in [0.2, 0.25) is 0 Å². The van der Waals surface area contributed by atoms with E-state index in [9.17, 15) is 0 Å². The van der Waals surface area contributed by atoms with Gasteiger partial charge in [-0.1, -0.05) is 46.3 Å². The molecule has 3 aromatic rings. The van der Waals surface area contributed by atoms with Gasteiger partial charge in [0.15, 0.2) is 0 Å². The van der Waals surface area contributed by atoms with Crippen LogP contribution < -0.4 is 5.32 Å². The molecule has 1 N–H and O–H groups in total. The lowest BCUT2D eigenvalue weighted by molar-refractivity contribution is 0.353. The van der Waals surface area contributed by atoms with Crippen LogP contribution in [-0.2, 0) is 6.42 Å². The molecule has 0 radical (unpaired) electrons. The van der Waals surface area contributed by atoms with Crippen LogP contribution in [-0.4, -0.2) is 0 Å². The third kappa shape index (κ3) is 2.84. The molecule has 23 heavy (non-hydrogen) atoms. The highest BCUT2D eigenvalue weighted by atomic mass is 79.9. The minimum atomic E-state index is 0.292. The fraction of sp³-hybridized carbons (Fsp3) is 0.300. The van der Waals surface area contributed by atoms with Crippen molar-refractivity contribution in [3.8, 4) is 0 Å². The Bertz CT molecular complexity index is 824. The molecule has 1 aromatic heterocycles. The van der Waals surface area contributed by atoms with E-state index >= 15 is 0 Å². The van der Waals surface area contributed by atoms with Crippen molar-refractivity contribution in [2.75, 3.05) is 0 Å². The Labute approximate surface area is 145 Å². The monoisotopic (exact) mass is 369 g/mol. The van der Waals surface area contributed by atoms with Gasteiger partial charge in [-0.2, -0.15) is 0 Å². The largest absolute Gasteiger partial charge is 0.459 e. The summed E-state index contributed by atoms with van der Waals surface area (Å²) in [4.78, 5) is 0. The predicted molar refractivity (Wildman–Crippen MR) is 97.6 cm³/mol. The Kier molecular flexibility index (Phi) is 4.00. The van der Waals surface area contributed by atoms with E-state index in [2.05, 4.69) is 70.6 Å². The smallest absolute Gasteiger partial charge is 0.134 e. The molecule has 2 nitrogen and oxygen atoms in total. The first-order valence-corrected chi connectivity index (χ1v) is 9.03. The quantitative estimate of drug-likeness (QED) is 0.619. The summed E-state index contributed by atoms with van der Waals surface area (Å²) in [6.45, 7) is 2.23. The molecule has 1 aliphatic carbocycles. The van der Waals surface area contributed by atoms with Gasteiger partial charge >= 0.3 is 0 Å². The zero-order valence-corrected chi connectivity index (χ0v) is 14.8. The summed E-state index contributed by atoms with van der Waals surface area (Å²) in [5.74, 6) is 1.13. The molecule has 2 atom stereocenters. The normalized spacial score (nSPS) is 18.8. The van der Waals surface area contributed by atoms with Crippen molar-refractivity contribution in [3.05, 3.63) is 69.9 Å². The van der Waals surface area contributed by atoms with Crippen LogP contribution in [0, 0.1) is 0 Å². The summed E-state index contributed by atoms with van der Waals surface area (Å²) in [6, 6.07) is 17.5. The highest BCUT2D eigenvalue weighted by molar-refractivity contribution is 9.10. The van der Waals surface area contributed by atoms with Gasteiger partial charge in [0.1, 0.15) is 11.3 Å². The zero-order valence-electron chi connectivity index (χ0n) is 13.2. The van der Waals surface area contributed by atoms with Crippen LogP contribution in [0.15, 0.2) is 57.4 Å². The van der Waals surface area contributed by atoms with Crippen molar-refractivity contribution in [2.45, 2.75) is 38.3 Å². The van der Waals surface area contributed by atoms with E-state index in [1.54, 1.807) is 0 Å². The molecule has 2 aromatic carbocycles. The van der Waals surface area contributed by atoms with Gasteiger partial charge in [-0.15, -0.1) is 0 Å². The Morgan fingerprint density at radius 2 is 2.00 bits per heavy atom.